The first-order valence-electron chi connectivity index (χ1n) is 1.36. The summed E-state index contributed by atoms with van der Waals surface area (Å²) in [6.45, 7) is -0.128. The zero-order valence-electron chi connectivity index (χ0n) is 3.05. The number of carbonyl (C=O) groups excluding carboxylic acids is 1. The van der Waals surface area contributed by atoms with Gasteiger partial charge in [0.2, 0.25) is 0 Å². The highest BCUT2D eigenvalue weighted by molar-refractivity contribution is 5.50. The van der Waals surface area contributed by atoms with Gasteiger partial charge < -0.3 is 4.74 Å². The molecule has 32 valence electrons. The van der Waals surface area contributed by atoms with E-state index in [1.165, 1.54) is 6.26 Å². The normalized spacial score (nSPS) is 5.83. The molecule has 0 aliphatic carbocycles. The van der Waals surface area contributed by atoms with Crippen molar-refractivity contribution in [3.63, 3.8) is 0 Å². The van der Waals surface area contributed by atoms with Crippen molar-refractivity contribution < 1.29 is 9.53 Å². The fourth-order valence-corrected chi connectivity index (χ4v) is 0.0713. The molecule has 0 N–H and O–H groups in total. The minimum Gasteiger partial charge on any atom is -0.420 e. The highest BCUT2D eigenvalue weighted by atomic mass is 16.5. The quantitative estimate of drug-likeness (QED) is 0.262. The van der Waals surface area contributed by atoms with Crippen molar-refractivity contribution in [1.29, 1.82) is 5.26 Å². The molecule has 0 spiro atoms. The van der Waals surface area contributed by atoms with Gasteiger partial charge in [-0.05, 0) is 0 Å². The van der Waals surface area contributed by atoms with Gasteiger partial charge in [-0.3, -0.25) is 4.79 Å². The van der Waals surface area contributed by atoms with Crippen LogP contribution in [-0.4, -0.2) is 12.9 Å². The van der Waals surface area contributed by atoms with E-state index in [0.29, 0.717) is 6.29 Å². The molecule has 0 aromatic heterocycles. The van der Waals surface area contributed by atoms with Gasteiger partial charge in [-0.25, -0.2) is 0 Å². The zero-order chi connectivity index (χ0) is 4.83. The second-order valence-corrected chi connectivity index (χ2v) is 0.569. The molecule has 0 saturated heterocycles. The van der Waals surface area contributed by atoms with Crippen LogP contribution in [-0.2, 0) is 9.53 Å². The molecule has 0 aliphatic rings. The van der Waals surface area contributed by atoms with E-state index < -0.39 is 0 Å². The van der Waals surface area contributed by atoms with Gasteiger partial charge in [0.15, 0.2) is 12.9 Å². The van der Waals surface area contributed by atoms with Crippen molar-refractivity contribution in [2.45, 2.75) is 0 Å². The Morgan fingerprint density at radius 1 is 2.00 bits per heavy atom. The van der Waals surface area contributed by atoms with Crippen molar-refractivity contribution in [3.8, 4) is 6.26 Å². The Hall–Kier alpha value is -1.04. The fourth-order valence-electron chi connectivity index (χ4n) is 0.0713. The van der Waals surface area contributed by atoms with Crippen LogP contribution in [0.3, 0.4) is 0 Å². The lowest BCUT2D eigenvalue weighted by molar-refractivity contribution is -0.110. The molecule has 0 saturated carbocycles. The van der Waals surface area contributed by atoms with E-state index >= 15 is 0 Å². The van der Waals surface area contributed by atoms with E-state index in [4.69, 9.17) is 5.26 Å². The maximum Gasteiger partial charge on any atom is 0.286 e. The fraction of sp³-hybridized carbons (Fsp3) is 0.333. The monoisotopic (exact) mass is 85.0 g/mol. The predicted molar refractivity (Wildman–Crippen MR) is 17.6 cm³/mol. The number of hydrogen-bond acceptors (Lipinski definition) is 3. The average molecular weight is 85.1 g/mol. The molecule has 0 rings (SSSR count). The summed E-state index contributed by atoms with van der Waals surface area (Å²) in [5.41, 5.74) is 0. The molecular formula is C3H3NO2. The van der Waals surface area contributed by atoms with E-state index in [1.807, 2.05) is 0 Å². The van der Waals surface area contributed by atoms with Gasteiger partial charge in [-0.2, -0.15) is 5.26 Å². The summed E-state index contributed by atoms with van der Waals surface area (Å²) in [5.74, 6) is 0. The Labute approximate surface area is 35.1 Å². The molecular weight excluding hydrogens is 82.0 g/mol. The molecule has 0 radical (unpaired) electrons. The largest absolute Gasteiger partial charge is 0.420 e. The summed E-state index contributed by atoms with van der Waals surface area (Å²) < 4.78 is 3.92. The van der Waals surface area contributed by atoms with E-state index in [0.717, 1.165) is 0 Å². The van der Waals surface area contributed by atoms with Gasteiger partial charge in [0.05, 0.1) is 0 Å². The number of nitriles is 1. The van der Waals surface area contributed by atoms with E-state index in [2.05, 4.69) is 4.74 Å². The van der Waals surface area contributed by atoms with E-state index in [-0.39, 0.29) is 6.61 Å². The lowest BCUT2D eigenvalue weighted by Crippen LogP contribution is -1.84. The van der Waals surface area contributed by atoms with Gasteiger partial charge in [-0.15, -0.1) is 0 Å². The second kappa shape index (κ2) is 3.96. The summed E-state index contributed by atoms with van der Waals surface area (Å²) in [4.78, 5) is 9.29. The van der Waals surface area contributed by atoms with Crippen LogP contribution in [0.2, 0.25) is 0 Å². The number of nitrogens with zero attached hydrogens (tertiary/aromatic N) is 1. The number of ether oxygens (including phenoxy) is 1. The molecule has 0 aliphatic heterocycles. The highest BCUT2D eigenvalue weighted by Crippen LogP contribution is 1.57. The summed E-state index contributed by atoms with van der Waals surface area (Å²) in [7, 11) is 0. The van der Waals surface area contributed by atoms with Crippen molar-refractivity contribution in [3.05, 3.63) is 0 Å². The molecule has 3 nitrogen and oxygen atoms in total. The topological polar surface area (TPSA) is 50.1 Å². The molecule has 0 aromatic rings. The summed E-state index contributed by atoms with van der Waals surface area (Å²) in [6, 6.07) is 0. The molecule has 6 heavy (non-hydrogen) atoms. The van der Waals surface area contributed by atoms with Gasteiger partial charge >= 0.3 is 0 Å². The van der Waals surface area contributed by atoms with Crippen molar-refractivity contribution in [2.24, 2.45) is 0 Å². The Morgan fingerprint density at radius 2 is 2.67 bits per heavy atom. The molecule has 0 unspecified atom stereocenters. The van der Waals surface area contributed by atoms with Crippen molar-refractivity contribution >= 4 is 6.29 Å². The first-order valence-corrected chi connectivity index (χ1v) is 1.36. The maximum atomic E-state index is 9.29. The molecule has 0 amide bonds. The van der Waals surface area contributed by atoms with Gasteiger partial charge in [0.25, 0.3) is 6.26 Å². The summed E-state index contributed by atoms with van der Waals surface area (Å²) >= 11 is 0. The zero-order valence-corrected chi connectivity index (χ0v) is 3.05. The van der Waals surface area contributed by atoms with Crippen LogP contribution in [0.4, 0.5) is 0 Å². The van der Waals surface area contributed by atoms with Crippen LogP contribution in [0.1, 0.15) is 0 Å². The number of rotatable bonds is 2. The van der Waals surface area contributed by atoms with Gasteiger partial charge in [0.1, 0.15) is 0 Å². The lowest BCUT2D eigenvalue weighted by atomic mass is 10.8. The molecule has 0 aromatic carbocycles. The molecule has 3 heteroatoms. The Balaban J connectivity index is 2.72. The van der Waals surface area contributed by atoms with E-state index in [9.17, 15) is 4.79 Å². The number of hydrogen-bond donors (Lipinski definition) is 0. The van der Waals surface area contributed by atoms with Crippen LogP contribution in [0.25, 0.3) is 0 Å². The third-order valence-corrected chi connectivity index (χ3v) is 0.216. The molecule has 0 fully saturated rings. The van der Waals surface area contributed by atoms with E-state index in [1.54, 1.807) is 0 Å². The van der Waals surface area contributed by atoms with Gasteiger partial charge in [0, 0.05) is 0 Å². The number of carbonyl (C=O) groups is 1. The molecule has 0 heterocycles. The van der Waals surface area contributed by atoms with Crippen LogP contribution in [0.5, 0.6) is 0 Å². The van der Waals surface area contributed by atoms with Crippen LogP contribution < -0.4 is 0 Å². The third-order valence-electron chi connectivity index (χ3n) is 0.216. The minimum atomic E-state index is -0.128. The lowest BCUT2D eigenvalue weighted by Gasteiger charge is -1.75. The number of aldehydes is 1. The third kappa shape index (κ3) is 2.96. The SMILES string of the molecule is N#COCC=O. The van der Waals surface area contributed by atoms with Crippen LogP contribution in [0.15, 0.2) is 0 Å². The van der Waals surface area contributed by atoms with Crippen LogP contribution >= 0.6 is 0 Å². The Bertz CT molecular complexity index is 73.4. The minimum absolute atomic E-state index is 0.128. The first kappa shape index (κ1) is 4.96. The van der Waals surface area contributed by atoms with Crippen LogP contribution in [0, 0.1) is 11.5 Å². The van der Waals surface area contributed by atoms with Gasteiger partial charge in [-0.1, -0.05) is 0 Å². The summed E-state index contributed by atoms with van der Waals surface area (Å²) in [6.07, 6.45) is 1.85. The smallest absolute Gasteiger partial charge is 0.286 e. The first-order chi connectivity index (χ1) is 2.91. The maximum absolute atomic E-state index is 9.29. The molecule has 0 atom stereocenters. The van der Waals surface area contributed by atoms with Crippen molar-refractivity contribution in [1.82, 2.24) is 0 Å². The predicted octanol–water partition coefficient (Wildman–Crippen LogP) is -0.317. The van der Waals surface area contributed by atoms with Crippen molar-refractivity contribution in [2.75, 3.05) is 6.61 Å². The average Bonchev–Trinajstić information content (AvgIpc) is 1.61. The summed E-state index contributed by atoms with van der Waals surface area (Å²) in [5, 5.41) is 7.57. The second-order valence-electron chi connectivity index (χ2n) is 0.569. The standard InChI is InChI=1S/C3H3NO2/c4-3-6-2-1-5/h1H,2H2. The molecule has 0 bridgehead atoms. The highest BCUT2D eigenvalue weighted by Gasteiger charge is 1.70. The Kier molecular flexibility index (Phi) is 3.27. The Morgan fingerprint density at radius 3 is 2.83 bits per heavy atom.